The van der Waals surface area contributed by atoms with E-state index in [0.29, 0.717) is 5.56 Å². The highest BCUT2D eigenvalue weighted by atomic mass is 19.3. The second-order valence-corrected chi connectivity index (χ2v) is 3.76. The van der Waals surface area contributed by atoms with Crippen molar-refractivity contribution in [2.75, 3.05) is 7.11 Å². The largest absolute Gasteiger partial charge is 0.586 e. The first-order chi connectivity index (χ1) is 8.41. The second kappa shape index (κ2) is 4.41. The number of nitrogens with two attached hydrogens (primary N) is 1. The van der Waals surface area contributed by atoms with E-state index in [-0.39, 0.29) is 17.9 Å². The van der Waals surface area contributed by atoms with Crippen molar-refractivity contribution >= 4 is 5.97 Å². The highest BCUT2D eigenvalue weighted by molar-refractivity contribution is 5.70. The molecule has 0 bridgehead atoms. The zero-order valence-corrected chi connectivity index (χ0v) is 9.48. The lowest BCUT2D eigenvalue weighted by atomic mass is 10.0. The van der Waals surface area contributed by atoms with Gasteiger partial charge in [-0.3, -0.25) is 4.79 Å². The molecular weight excluding hydrogens is 248 g/mol. The van der Waals surface area contributed by atoms with Crippen molar-refractivity contribution in [1.82, 2.24) is 0 Å². The number of hydrogen-bond donors (Lipinski definition) is 1. The standard InChI is InChI=1S/C11H11F2NO4/c1-16-10(15)5-7(14)6-2-3-8-9(4-6)18-11(12,13)17-8/h2-4,7H,5,14H2,1H3. The summed E-state index contributed by atoms with van der Waals surface area (Å²) in [5, 5.41) is 0. The summed E-state index contributed by atoms with van der Waals surface area (Å²) in [7, 11) is 1.25. The van der Waals surface area contributed by atoms with Crippen molar-refractivity contribution in [2.24, 2.45) is 5.73 Å². The van der Waals surface area contributed by atoms with E-state index < -0.39 is 18.3 Å². The van der Waals surface area contributed by atoms with Crippen LogP contribution in [-0.4, -0.2) is 19.4 Å². The summed E-state index contributed by atoms with van der Waals surface area (Å²) in [6, 6.07) is 3.49. The molecule has 0 spiro atoms. The van der Waals surface area contributed by atoms with Crippen LogP contribution in [0.5, 0.6) is 11.5 Å². The maximum absolute atomic E-state index is 12.8. The fourth-order valence-corrected chi connectivity index (χ4v) is 1.58. The number of methoxy groups -OCH3 is 1. The third kappa shape index (κ3) is 2.51. The van der Waals surface area contributed by atoms with Crippen LogP contribution in [0.25, 0.3) is 0 Å². The topological polar surface area (TPSA) is 70.8 Å². The van der Waals surface area contributed by atoms with Crippen molar-refractivity contribution in [1.29, 1.82) is 0 Å². The van der Waals surface area contributed by atoms with Crippen LogP contribution in [0.15, 0.2) is 18.2 Å². The minimum atomic E-state index is -3.66. The van der Waals surface area contributed by atoms with Crippen LogP contribution in [0.4, 0.5) is 8.78 Å². The Morgan fingerprint density at radius 3 is 2.78 bits per heavy atom. The van der Waals surface area contributed by atoms with Crippen molar-refractivity contribution in [2.45, 2.75) is 18.8 Å². The molecule has 0 radical (unpaired) electrons. The Hall–Kier alpha value is -1.89. The number of rotatable bonds is 3. The number of benzene rings is 1. The lowest BCUT2D eigenvalue weighted by Crippen LogP contribution is -2.25. The predicted molar refractivity (Wildman–Crippen MR) is 56.2 cm³/mol. The smallest absolute Gasteiger partial charge is 0.469 e. The molecule has 1 aliphatic rings. The van der Waals surface area contributed by atoms with E-state index in [1.807, 2.05) is 0 Å². The van der Waals surface area contributed by atoms with Crippen LogP contribution in [0, 0.1) is 0 Å². The van der Waals surface area contributed by atoms with E-state index in [0.717, 1.165) is 0 Å². The van der Waals surface area contributed by atoms with Gasteiger partial charge < -0.3 is 19.9 Å². The van der Waals surface area contributed by atoms with Crippen molar-refractivity contribution < 1.29 is 27.8 Å². The Morgan fingerprint density at radius 2 is 2.11 bits per heavy atom. The normalized spacial score (nSPS) is 17.3. The molecule has 0 fully saturated rings. The summed E-state index contributed by atoms with van der Waals surface area (Å²) >= 11 is 0. The molecule has 2 N–H and O–H groups in total. The monoisotopic (exact) mass is 259 g/mol. The Balaban J connectivity index is 2.16. The highest BCUT2D eigenvalue weighted by Crippen LogP contribution is 2.42. The third-order valence-corrected chi connectivity index (χ3v) is 2.47. The fraction of sp³-hybridized carbons (Fsp3) is 0.364. The number of carbonyl (C=O) groups excluding carboxylic acids is 1. The maximum Gasteiger partial charge on any atom is 0.586 e. The number of halogens is 2. The third-order valence-electron chi connectivity index (χ3n) is 2.47. The zero-order chi connectivity index (χ0) is 13.3. The maximum atomic E-state index is 12.8. The van der Waals surface area contributed by atoms with Crippen LogP contribution in [0.1, 0.15) is 18.0 Å². The molecule has 0 saturated carbocycles. The molecule has 1 aliphatic heterocycles. The molecule has 1 aromatic rings. The molecular formula is C11H11F2NO4. The predicted octanol–water partition coefficient (Wildman–Crippen LogP) is 1.57. The summed E-state index contributed by atoms with van der Waals surface area (Å²) in [6.07, 6.45) is -3.71. The number of esters is 1. The first-order valence-electron chi connectivity index (χ1n) is 5.13. The van der Waals surface area contributed by atoms with Gasteiger partial charge in [-0.25, -0.2) is 0 Å². The Morgan fingerprint density at radius 1 is 1.44 bits per heavy atom. The molecule has 1 aromatic carbocycles. The van der Waals surface area contributed by atoms with Crippen LogP contribution in [0.3, 0.4) is 0 Å². The van der Waals surface area contributed by atoms with Gasteiger partial charge in [-0.05, 0) is 17.7 Å². The van der Waals surface area contributed by atoms with Gasteiger partial charge in [-0.15, -0.1) is 8.78 Å². The molecule has 2 rings (SSSR count). The Kier molecular flexibility index (Phi) is 3.08. The zero-order valence-electron chi connectivity index (χ0n) is 9.48. The van der Waals surface area contributed by atoms with Crippen LogP contribution in [0.2, 0.25) is 0 Å². The summed E-state index contributed by atoms with van der Waals surface area (Å²) in [4.78, 5) is 11.1. The average molecular weight is 259 g/mol. The molecule has 1 unspecified atom stereocenters. The van der Waals surface area contributed by atoms with Crippen molar-refractivity contribution in [3.63, 3.8) is 0 Å². The van der Waals surface area contributed by atoms with Crippen LogP contribution < -0.4 is 15.2 Å². The average Bonchev–Trinajstić information content (AvgIpc) is 2.61. The summed E-state index contributed by atoms with van der Waals surface area (Å²) < 4.78 is 38.6. The quantitative estimate of drug-likeness (QED) is 0.834. The Labute approximate surface area is 101 Å². The van der Waals surface area contributed by atoms with Gasteiger partial charge in [0.2, 0.25) is 0 Å². The van der Waals surface area contributed by atoms with Gasteiger partial charge in [-0.2, -0.15) is 0 Å². The van der Waals surface area contributed by atoms with E-state index in [4.69, 9.17) is 5.73 Å². The van der Waals surface area contributed by atoms with Crippen molar-refractivity contribution in [3.05, 3.63) is 23.8 Å². The number of ether oxygens (including phenoxy) is 3. The van der Waals surface area contributed by atoms with Gasteiger partial charge >= 0.3 is 12.3 Å². The molecule has 0 aliphatic carbocycles. The first-order valence-corrected chi connectivity index (χ1v) is 5.13. The van der Waals surface area contributed by atoms with Gasteiger partial charge in [0.15, 0.2) is 11.5 Å². The van der Waals surface area contributed by atoms with Crippen LogP contribution in [-0.2, 0) is 9.53 Å². The van der Waals surface area contributed by atoms with Gasteiger partial charge in [0.1, 0.15) is 0 Å². The molecule has 0 saturated heterocycles. The molecule has 7 heteroatoms. The number of fused-ring (bicyclic) bond motifs is 1. The minimum Gasteiger partial charge on any atom is -0.469 e. The lowest BCUT2D eigenvalue weighted by molar-refractivity contribution is -0.286. The van der Waals surface area contributed by atoms with Gasteiger partial charge in [0, 0.05) is 6.04 Å². The highest BCUT2D eigenvalue weighted by Gasteiger charge is 2.43. The molecule has 5 nitrogen and oxygen atoms in total. The second-order valence-electron chi connectivity index (χ2n) is 3.76. The SMILES string of the molecule is COC(=O)CC(N)c1ccc2c(c1)OC(F)(F)O2. The van der Waals surface area contributed by atoms with Crippen molar-refractivity contribution in [3.8, 4) is 11.5 Å². The van der Waals surface area contributed by atoms with Gasteiger partial charge in [0.05, 0.1) is 13.5 Å². The molecule has 98 valence electrons. The van der Waals surface area contributed by atoms with E-state index in [9.17, 15) is 13.6 Å². The minimum absolute atomic E-state index is 0.0491. The molecule has 1 atom stereocenters. The summed E-state index contributed by atoms with van der Waals surface area (Å²) in [6.45, 7) is 0. The van der Waals surface area contributed by atoms with Crippen LogP contribution >= 0.6 is 0 Å². The fourth-order valence-electron chi connectivity index (χ4n) is 1.58. The lowest BCUT2D eigenvalue weighted by Gasteiger charge is -2.10. The van der Waals surface area contributed by atoms with E-state index in [1.165, 1.54) is 25.3 Å². The number of hydrogen-bond acceptors (Lipinski definition) is 5. The molecule has 1 heterocycles. The first kappa shape index (κ1) is 12.6. The molecule has 18 heavy (non-hydrogen) atoms. The number of carbonyl (C=O) groups is 1. The summed E-state index contributed by atoms with van der Waals surface area (Å²) in [5.74, 6) is -0.641. The van der Waals surface area contributed by atoms with E-state index >= 15 is 0 Å². The molecule has 0 amide bonds. The number of alkyl halides is 2. The van der Waals surface area contributed by atoms with E-state index in [2.05, 4.69) is 14.2 Å². The van der Waals surface area contributed by atoms with Gasteiger partial charge in [-0.1, -0.05) is 6.07 Å². The summed E-state index contributed by atoms with van der Waals surface area (Å²) in [5.41, 5.74) is 6.23. The van der Waals surface area contributed by atoms with E-state index in [1.54, 1.807) is 0 Å². The molecule has 0 aromatic heterocycles. The van der Waals surface area contributed by atoms with Gasteiger partial charge in [0.25, 0.3) is 0 Å². The Bertz CT molecular complexity index is 478.